The Labute approximate surface area is 141 Å². The van der Waals surface area contributed by atoms with Crippen LogP contribution in [0.3, 0.4) is 0 Å². The summed E-state index contributed by atoms with van der Waals surface area (Å²) in [7, 11) is 1.72. The number of carbonyl (C=O) groups excluding carboxylic acids is 1. The molecule has 1 aromatic rings. The Morgan fingerprint density at radius 3 is 2.83 bits per heavy atom. The molecule has 6 heteroatoms. The first-order chi connectivity index (χ1) is 11.6. The number of hydrogen-bond donors (Lipinski definition) is 0. The van der Waals surface area contributed by atoms with Crippen molar-refractivity contribution in [1.82, 2.24) is 4.90 Å². The van der Waals surface area contributed by atoms with Gasteiger partial charge in [-0.25, -0.2) is 4.39 Å². The van der Waals surface area contributed by atoms with E-state index in [-0.39, 0.29) is 23.9 Å². The van der Waals surface area contributed by atoms with Crippen molar-refractivity contribution >= 4 is 5.91 Å². The van der Waals surface area contributed by atoms with Gasteiger partial charge in [0.2, 0.25) is 0 Å². The summed E-state index contributed by atoms with van der Waals surface area (Å²) in [5.41, 5.74) is -0.178. The second kappa shape index (κ2) is 7.49. The molecule has 24 heavy (non-hydrogen) atoms. The topological polar surface area (TPSA) is 48.0 Å². The molecule has 1 atom stereocenters. The van der Waals surface area contributed by atoms with Gasteiger partial charge >= 0.3 is 0 Å². The van der Waals surface area contributed by atoms with Crippen LogP contribution < -0.4 is 4.74 Å². The largest absolute Gasteiger partial charge is 0.484 e. The molecule has 0 unspecified atom stereocenters. The van der Waals surface area contributed by atoms with Crippen LogP contribution in [0.5, 0.6) is 5.75 Å². The first kappa shape index (κ1) is 17.2. The van der Waals surface area contributed by atoms with Gasteiger partial charge in [-0.15, -0.1) is 0 Å². The third-order valence-corrected chi connectivity index (χ3v) is 4.81. The molecule has 2 aliphatic rings. The van der Waals surface area contributed by atoms with Gasteiger partial charge in [-0.1, -0.05) is 0 Å². The van der Waals surface area contributed by atoms with E-state index in [0.717, 1.165) is 32.5 Å². The second-order valence-corrected chi connectivity index (χ2v) is 6.66. The fourth-order valence-electron chi connectivity index (χ4n) is 3.47. The molecule has 0 N–H and O–H groups in total. The van der Waals surface area contributed by atoms with Crippen molar-refractivity contribution in [1.29, 1.82) is 0 Å². The van der Waals surface area contributed by atoms with Crippen molar-refractivity contribution in [3.05, 3.63) is 30.1 Å². The summed E-state index contributed by atoms with van der Waals surface area (Å²) in [5.74, 6) is 0.711. The Bertz CT molecular complexity index is 557. The predicted octanol–water partition coefficient (Wildman–Crippen LogP) is 2.25. The zero-order valence-electron chi connectivity index (χ0n) is 14.0. The highest BCUT2D eigenvalue weighted by Crippen LogP contribution is 2.38. The maximum absolute atomic E-state index is 12.8. The second-order valence-electron chi connectivity index (χ2n) is 6.66. The minimum Gasteiger partial charge on any atom is -0.484 e. The highest BCUT2D eigenvalue weighted by molar-refractivity contribution is 5.79. The summed E-state index contributed by atoms with van der Waals surface area (Å²) in [4.78, 5) is 14.0. The Morgan fingerprint density at radius 1 is 1.38 bits per heavy atom. The number of benzene rings is 1. The van der Waals surface area contributed by atoms with Crippen LogP contribution in [0, 0.1) is 11.7 Å². The Morgan fingerprint density at radius 2 is 2.12 bits per heavy atom. The average Bonchev–Trinajstić information content (AvgIpc) is 2.57. The van der Waals surface area contributed by atoms with Gasteiger partial charge in [-0.3, -0.25) is 4.79 Å². The molecule has 2 aliphatic heterocycles. The molecule has 3 rings (SSSR count). The van der Waals surface area contributed by atoms with Gasteiger partial charge in [0.1, 0.15) is 17.2 Å². The molecular formula is C18H24FNO4. The van der Waals surface area contributed by atoms with Gasteiger partial charge in [0.25, 0.3) is 5.91 Å². The van der Waals surface area contributed by atoms with Gasteiger partial charge in [-0.2, -0.15) is 0 Å². The molecule has 1 amide bonds. The van der Waals surface area contributed by atoms with Gasteiger partial charge in [0, 0.05) is 20.3 Å². The fraction of sp³-hybridized carbons (Fsp3) is 0.611. The molecule has 2 fully saturated rings. The molecule has 1 aromatic carbocycles. The molecule has 0 saturated carbocycles. The fourth-order valence-corrected chi connectivity index (χ4v) is 3.47. The summed E-state index contributed by atoms with van der Waals surface area (Å²) >= 11 is 0. The molecule has 0 bridgehead atoms. The van der Waals surface area contributed by atoms with Crippen molar-refractivity contribution in [3.63, 3.8) is 0 Å². The van der Waals surface area contributed by atoms with Crippen molar-refractivity contribution in [2.45, 2.75) is 24.9 Å². The minimum absolute atomic E-state index is 0.0329. The normalized spacial score (nSPS) is 22.2. The van der Waals surface area contributed by atoms with Crippen LogP contribution in [-0.2, 0) is 14.3 Å². The molecule has 132 valence electrons. The van der Waals surface area contributed by atoms with Crippen LogP contribution in [0.1, 0.15) is 19.3 Å². The van der Waals surface area contributed by atoms with E-state index in [9.17, 15) is 9.18 Å². The lowest BCUT2D eigenvalue weighted by Gasteiger charge is -2.53. The lowest BCUT2D eigenvalue weighted by atomic mass is 9.79. The number of likely N-dealkylation sites (tertiary alicyclic amines) is 1. The summed E-state index contributed by atoms with van der Waals surface area (Å²) < 4.78 is 29.4. The lowest BCUT2D eigenvalue weighted by molar-refractivity contribution is -0.190. The summed E-state index contributed by atoms with van der Waals surface area (Å²) in [6.07, 6.45) is 3.09. The molecule has 1 spiro atoms. The first-order valence-corrected chi connectivity index (χ1v) is 8.39. The zero-order valence-corrected chi connectivity index (χ0v) is 14.0. The van der Waals surface area contributed by atoms with E-state index in [1.807, 2.05) is 0 Å². The van der Waals surface area contributed by atoms with Crippen molar-refractivity contribution in [2.24, 2.45) is 5.92 Å². The van der Waals surface area contributed by atoms with Crippen LogP contribution in [0.25, 0.3) is 0 Å². The highest BCUT2D eigenvalue weighted by Gasteiger charge is 2.49. The maximum Gasteiger partial charge on any atom is 0.260 e. The van der Waals surface area contributed by atoms with E-state index in [4.69, 9.17) is 14.2 Å². The summed E-state index contributed by atoms with van der Waals surface area (Å²) in [6.45, 7) is 2.75. The van der Waals surface area contributed by atoms with Gasteiger partial charge < -0.3 is 19.1 Å². The summed E-state index contributed by atoms with van der Waals surface area (Å²) in [6, 6.07) is 5.67. The van der Waals surface area contributed by atoms with Crippen molar-refractivity contribution < 1.29 is 23.4 Å². The number of amides is 1. The number of halogens is 1. The Hall–Kier alpha value is -1.66. The van der Waals surface area contributed by atoms with Gasteiger partial charge in [0.15, 0.2) is 6.61 Å². The number of ether oxygens (including phenoxy) is 3. The van der Waals surface area contributed by atoms with E-state index in [0.29, 0.717) is 24.8 Å². The van der Waals surface area contributed by atoms with Crippen LogP contribution in [0.15, 0.2) is 24.3 Å². The van der Waals surface area contributed by atoms with E-state index in [1.165, 1.54) is 24.3 Å². The number of nitrogens with zero attached hydrogens (tertiary/aromatic N) is 1. The van der Waals surface area contributed by atoms with Gasteiger partial charge in [-0.05, 0) is 49.4 Å². The molecular weight excluding hydrogens is 313 g/mol. The van der Waals surface area contributed by atoms with Crippen molar-refractivity contribution in [2.75, 3.05) is 40.0 Å². The summed E-state index contributed by atoms with van der Waals surface area (Å²) in [5, 5.41) is 0. The molecule has 2 heterocycles. The highest BCUT2D eigenvalue weighted by atomic mass is 19.1. The Kier molecular flexibility index (Phi) is 5.36. The van der Waals surface area contributed by atoms with Crippen LogP contribution >= 0.6 is 0 Å². The van der Waals surface area contributed by atoms with Gasteiger partial charge in [0.05, 0.1) is 13.1 Å². The molecule has 0 aromatic heterocycles. The molecule has 0 aliphatic carbocycles. The van der Waals surface area contributed by atoms with E-state index in [2.05, 4.69) is 0 Å². The monoisotopic (exact) mass is 337 g/mol. The standard InChI is InChI=1S/C18H24FNO4/c1-22-8-6-14-7-9-24-18(10-14)12-20(13-18)17(21)11-23-16-4-2-15(19)3-5-16/h2-5,14H,6-13H2,1H3/t14-/m1/s1. The number of methoxy groups -OCH3 is 1. The number of hydrogen-bond acceptors (Lipinski definition) is 4. The predicted molar refractivity (Wildman–Crippen MR) is 86.4 cm³/mol. The molecule has 2 saturated heterocycles. The minimum atomic E-state index is -0.323. The van der Waals surface area contributed by atoms with Crippen LogP contribution in [0.2, 0.25) is 0 Å². The van der Waals surface area contributed by atoms with Crippen LogP contribution in [0.4, 0.5) is 4.39 Å². The third kappa shape index (κ3) is 4.05. The molecule has 5 nitrogen and oxygen atoms in total. The number of carbonyl (C=O) groups is 1. The quantitative estimate of drug-likeness (QED) is 0.799. The van der Waals surface area contributed by atoms with Crippen LogP contribution in [-0.4, -0.2) is 56.4 Å². The van der Waals surface area contributed by atoms with E-state index >= 15 is 0 Å². The lowest BCUT2D eigenvalue weighted by Crippen LogP contribution is -2.67. The first-order valence-electron chi connectivity index (χ1n) is 8.39. The Balaban J connectivity index is 1.43. The molecule has 0 radical (unpaired) electrons. The zero-order chi connectivity index (χ0) is 17.0. The maximum atomic E-state index is 12.8. The van der Waals surface area contributed by atoms with E-state index < -0.39 is 0 Å². The number of rotatable bonds is 6. The smallest absolute Gasteiger partial charge is 0.260 e. The third-order valence-electron chi connectivity index (χ3n) is 4.81. The van der Waals surface area contributed by atoms with E-state index in [1.54, 1.807) is 12.0 Å². The van der Waals surface area contributed by atoms with Crippen molar-refractivity contribution in [3.8, 4) is 5.75 Å². The average molecular weight is 337 g/mol. The SMILES string of the molecule is COCC[C@@H]1CCOC2(C1)CN(C(=O)COc1ccc(F)cc1)C2.